The lowest BCUT2D eigenvalue weighted by atomic mass is 10.1. The number of amides is 4. The smallest absolute Gasteiger partial charge is 0.324 e. The van der Waals surface area contributed by atoms with Gasteiger partial charge in [-0.15, -0.1) is 0 Å². The molecule has 0 radical (unpaired) electrons. The van der Waals surface area contributed by atoms with Gasteiger partial charge in [0.05, 0.1) is 6.54 Å². The largest absolute Gasteiger partial charge is 0.354 e. The standard InChI is InChI=1S/C19H23N5O3/c25-17(20-11-14-23-12-4-10-21-23)8-7-16-18(26)24(19(27)22-16)13-9-15-5-2-1-3-6-15/h1-6,10,12,16H,7-9,11,13-14H2,(H,20,25)(H,22,27). The summed E-state index contributed by atoms with van der Waals surface area (Å²) in [6.07, 6.45) is 4.59. The fraction of sp³-hybridized carbons (Fsp3) is 0.368. The first kappa shape index (κ1) is 18.6. The van der Waals surface area contributed by atoms with Gasteiger partial charge in [0.1, 0.15) is 6.04 Å². The first-order valence-corrected chi connectivity index (χ1v) is 9.03. The topological polar surface area (TPSA) is 96.3 Å². The molecule has 1 aliphatic heterocycles. The maximum atomic E-state index is 12.4. The lowest BCUT2D eigenvalue weighted by Crippen LogP contribution is -2.34. The molecule has 3 rings (SSSR count). The highest BCUT2D eigenvalue weighted by atomic mass is 16.2. The minimum absolute atomic E-state index is 0.146. The SMILES string of the molecule is O=C(CCC1NC(=O)N(CCc2ccccc2)C1=O)NCCn1cccn1. The Balaban J connectivity index is 1.39. The second-order valence-corrected chi connectivity index (χ2v) is 6.39. The van der Waals surface area contributed by atoms with E-state index in [9.17, 15) is 14.4 Å². The van der Waals surface area contributed by atoms with E-state index in [0.717, 1.165) is 5.56 Å². The monoisotopic (exact) mass is 369 g/mol. The molecule has 0 saturated carbocycles. The van der Waals surface area contributed by atoms with Crippen molar-refractivity contribution in [2.45, 2.75) is 31.8 Å². The van der Waals surface area contributed by atoms with Gasteiger partial charge in [0, 0.05) is 31.9 Å². The van der Waals surface area contributed by atoms with Crippen molar-refractivity contribution in [2.75, 3.05) is 13.1 Å². The first-order chi connectivity index (χ1) is 13.1. The van der Waals surface area contributed by atoms with Crippen molar-refractivity contribution in [3.05, 3.63) is 54.4 Å². The number of benzene rings is 1. The fourth-order valence-electron chi connectivity index (χ4n) is 2.98. The van der Waals surface area contributed by atoms with Gasteiger partial charge in [-0.05, 0) is 24.5 Å². The van der Waals surface area contributed by atoms with Crippen LogP contribution < -0.4 is 10.6 Å². The van der Waals surface area contributed by atoms with E-state index >= 15 is 0 Å². The molecule has 0 spiro atoms. The Morgan fingerprint density at radius 3 is 2.70 bits per heavy atom. The van der Waals surface area contributed by atoms with Gasteiger partial charge in [-0.3, -0.25) is 19.2 Å². The Morgan fingerprint density at radius 1 is 1.15 bits per heavy atom. The fourth-order valence-corrected chi connectivity index (χ4v) is 2.98. The summed E-state index contributed by atoms with van der Waals surface area (Å²) in [6.45, 7) is 1.39. The summed E-state index contributed by atoms with van der Waals surface area (Å²) < 4.78 is 1.73. The highest BCUT2D eigenvalue weighted by Gasteiger charge is 2.37. The number of urea groups is 1. The normalized spacial score (nSPS) is 16.4. The highest BCUT2D eigenvalue weighted by Crippen LogP contribution is 2.12. The van der Waals surface area contributed by atoms with Crippen LogP contribution in [0.5, 0.6) is 0 Å². The van der Waals surface area contributed by atoms with E-state index in [-0.39, 0.29) is 24.3 Å². The lowest BCUT2D eigenvalue weighted by molar-refractivity contribution is -0.127. The van der Waals surface area contributed by atoms with Crippen LogP contribution in [0.3, 0.4) is 0 Å². The molecule has 1 unspecified atom stereocenters. The van der Waals surface area contributed by atoms with Crippen molar-refractivity contribution in [3.8, 4) is 0 Å². The summed E-state index contributed by atoms with van der Waals surface area (Å²) in [4.78, 5) is 37.6. The van der Waals surface area contributed by atoms with Crippen LogP contribution in [0.4, 0.5) is 4.79 Å². The number of nitrogens with one attached hydrogen (secondary N) is 2. The summed E-state index contributed by atoms with van der Waals surface area (Å²) in [5.41, 5.74) is 1.07. The van der Waals surface area contributed by atoms with Crippen LogP contribution >= 0.6 is 0 Å². The molecule has 2 N–H and O–H groups in total. The van der Waals surface area contributed by atoms with Crippen molar-refractivity contribution in [1.82, 2.24) is 25.3 Å². The van der Waals surface area contributed by atoms with Crippen molar-refractivity contribution >= 4 is 17.8 Å². The van der Waals surface area contributed by atoms with Crippen LogP contribution in [0.25, 0.3) is 0 Å². The van der Waals surface area contributed by atoms with E-state index in [1.165, 1.54) is 4.90 Å². The molecular formula is C19H23N5O3. The molecule has 0 aliphatic carbocycles. The minimum atomic E-state index is -0.634. The van der Waals surface area contributed by atoms with Gasteiger partial charge >= 0.3 is 6.03 Å². The van der Waals surface area contributed by atoms with Crippen LogP contribution in [0.2, 0.25) is 0 Å². The maximum Gasteiger partial charge on any atom is 0.324 e. The zero-order valence-electron chi connectivity index (χ0n) is 15.0. The molecule has 2 heterocycles. The molecule has 8 heteroatoms. The number of carbonyl (C=O) groups excluding carboxylic acids is 3. The zero-order chi connectivity index (χ0) is 19.1. The van der Waals surface area contributed by atoms with Crippen molar-refractivity contribution in [3.63, 3.8) is 0 Å². The number of nitrogens with zero attached hydrogens (tertiary/aromatic N) is 3. The summed E-state index contributed by atoms with van der Waals surface area (Å²) >= 11 is 0. The molecule has 27 heavy (non-hydrogen) atoms. The molecule has 1 atom stereocenters. The third kappa shape index (κ3) is 5.16. The van der Waals surface area contributed by atoms with E-state index in [2.05, 4.69) is 15.7 Å². The summed E-state index contributed by atoms with van der Waals surface area (Å²) in [5.74, 6) is -0.410. The second-order valence-electron chi connectivity index (χ2n) is 6.39. The molecule has 0 bridgehead atoms. The van der Waals surface area contributed by atoms with Crippen LogP contribution in [0.15, 0.2) is 48.8 Å². The summed E-state index contributed by atoms with van der Waals surface area (Å²) in [6, 6.07) is 10.5. The Bertz CT molecular complexity index is 776. The number of aromatic nitrogens is 2. The highest BCUT2D eigenvalue weighted by molar-refractivity contribution is 6.04. The quantitative estimate of drug-likeness (QED) is 0.643. The Hall–Kier alpha value is -3.16. The van der Waals surface area contributed by atoms with Gasteiger partial charge in [-0.2, -0.15) is 5.10 Å². The predicted molar refractivity (Wildman–Crippen MR) is 98.6 cm³/mol. The van der Waals surface area contributed by atoms with Crippen LogP contribution in [0.1, 0.15) is 18.4 Å². The van der Waals surface area contributed by atoms with E-state index in [1.807, 2.05) is 42.6 Å². The van der Waals surface area contributed by atoms with Crippen molar-refractivity contribution in [1.29, 1.82) is 0 Å². The van der Waals surface area contributed by atoms with Gasteiger partial charge < -0.3 is 10.6 Å². The molecule has 1 saturated heterocycles. The molecule has 1 fully saturated rings. The van der Waals surface area contributed by atoms with E-state index in [0.29, 0.717) is 32.5 Å². The Kier molecular flexibility index (Phi) is 6.19. The Labute approximate surface area is 157 Å². The van der Waals surface area contributed by atoms with E-state index in [4.69, 9.17) is 0 Å². The van der Waals surface area contributed by atoms with E-state index in [1.54, 1.807) is 10.9 Å². The number of imide groups is 1. The van der Waals surface area contributed by atoms with Crippen LogP contribution in [-0.4, -0.2) is 51.7 Å². The number of hydrogen-bond acceptors (Lipinski definition) is 4. The van der Waals surface area contributed by atoms with Gasteiger partial charge in [0.15, 0.2) is 0 Å². The summed E-state index contributed by atoms with van der Waals surface area (Å²) in [5, 5.41) is 9.51. The molecule has 2 aromatic rings. The third-order valence-electron chi connectivity index (χ3n) is 4.46. The van der Waals surface area contributed by atoms with Gasteiger partial charge in [0.2, 0.25) is 5.91 Å². The predicted octanol–water partition coefficient (Wildman–Crippen LogP) is 0.943. The number of hydrogen-bond donors (Lipinski definition) is 2. The Morgan fingerprint density at radius 2 is 1.96 bits per heavy atom. The lowest BCUT2D eigenvalue weighted by Gasteiger charge is -2.13. The van der Waals surface area contributed by atoms with Gasteiger partial charge in [0.25, 0.3) is 5.91 Å². The maximum absolute atomic E-state index is 12.4. The van der Waals surface area contributed by atoms with Gasteiger partial charge in [-0.25, -0.2) is 4.79 Å². The average molecular weight is 369 g/mol. The first-order valence-electron chi connectivity index (χ1n) is 9.03. The zero-order valence-corrected chi connectivity index (χ0v) is 15.0. The molecule has 142 valence electrons. The molecule has 1 aromatic carbocycles. The third-order valence-corrected chi connectivity index (χ3v) is 4.46. The molecule has 1 aromatic heterocycles. The molecular weight excluding hydrogens is 346 g/mol. The van der Waals surface area contributed by atoms with Crippen molar-refractivity contribution in [2.24, 2.45) is 0 Å². The molecule has 8 nitrogen and oxygen atoms in total. The number of rotatable bonds is 9. The number of carbonyl (C=O) groups is 3. The average Bonchev–Trinajstić information content (AvgIpc) is 3.28. The van der Waals surface area contributed by atoms with E-state index < -0.39 is 6.04 Å². The van der Waals surface area contributed by atoms with Crippen LogP contribution in [-0.2, 0) is 22.6 Å². The van der Waals surface area contributed by atoms with Crippen LogP contribution in [0, 0.1) is 0 Å². The van der Waals surface area contributed by atoms with Crippen molar-refractivity contribution < 1.29 is 14.4 Å². The summed E-state index contributed by atoms with van der Waals surface area (Å²) in [7, 11) is 0. The van der Waals surface area contributed by atoms with Gasteiger partial charge in [-0.1, -0.05) is 30.3 Å². The second kappa shape index (κ2) is 8.98. The molecule has 1 aliphatic rings. The molecule has 4 amide bonds. The minimum Gasteiger partial charge on any atom is -0.354 e.